The van der Waals surface area contributed by atoms with Crippen LogP contribution in [0.25, 0.3) is 0 Å². The molecule has 2 saturated heterocycles. The predicted molar refractivity (Wildman–Crippen MR) is 77.5 cm³/mol. The van der Waals surface area contributed by atoms with Crippen molar-refractivity contribution in [2.45, 2.75) is 30.8 Å². The Morgan fingerprint density at radius 2 is 2.05 bits per heavy atom. The van der Waals surface area contributed by atoms with E-state index in [1.807, 2.05) is 9.80 Å². The molecule has 1 atom stereocenters. The molecule has 22 heavy (non-hydrogen) atoms. The number of amides is 3. The van der Waals surface area contributed by atoms with Gasteiger partial charge in [0.05, 0.1) is 17.7 Å². The third-order valence-corrected chi connectivity index (χ3v) is 6.11. The highest BCUT2D eigenvalue weighted by Gasteiger charge is 2.75. The first-order chi connectivity index (χ1) is 10.2. The van der Waals surface area contributed by atoms with Gasteiger partial charge in [0.1, 0.15) is 0 Å². The molecule has 3 saturated carbocycles. The number of hydrogen-bond donors (Lipinski definition) is 2. The summed E-state index contributed by atoms with van der Waals surface area (Å²) in [7, 11) is -3.52. The van der Waals surface area contributed by atoms with Gasteiger partial charge in [-0.15, -0.1) is 0 Å². The molecule has 8 nitrogen and oxygen atoms in total. The smallest absolute Gasteiger partial charge is 0.317 e. The van der Waals surface area contributed by atoms with Crippen molar-refractivity contribution in [1.82, 2.24) is 19.8 Å². The van der Waals surface area contributed by atoms with E-state index >= 15 is 0 Å². The molecule has 0 radical (unpaired) electrons. The van der Waals surface area contributed by atoms with Gasteiger partial charge in [0, 0.05) is 31.7 Å². The second-order valence-electron chi connectivity index (χ2n) is 7.18. The van der Waals surface area contributed by atoms with Gasteiger partial charge in [-0.05, 0) is 19.3 Å². The molecule has 3 amide bonds. The summed E-state index contributed by atoms with van der Waals surface area (Å²) in [5.74, 6) is -0.414. The summed E-state index contributed by atoms with van der Waals surface area (Å²) >= 11 is 0. The largest absolute Gasteiger partial charge is 0.320 e. The molecule has 3 aliphatic carbocycles. The number of piperazine rings is 1. The number of fused-ring (bicyclic) bond motifs is 1. The van der Waals surface area contributed by atoms with Gasteiger partial charge in [0.15, 0.2) is 0 Å². The molecular formula is C13H20N4O4S. The van der Waals surface area contributed by atoms with Gasteiger partial charge in [-0.3, -0.25) is 9.52 Å². The third kappa shape index (κ3) is 1.81. The number of hydrogen-bond acceptors (Lipinski definition) is 5. The molecule has 0 spiro atoms. The summed E-state index contributed by atoms with van der Waals surface area (Å²) in [6.45, 7) is 3.08. The lowest BCUT2D eigenvalue weighted by atomic mass is 9.38. The summed E-state index contributed by atoms with van der Waals surface area (Å²) in [5.41, 5.74) is -0.798. The van der Waals surface area contributed by atoms with E-state index in [1.165, 1.54) is 0 Å². The van der Waals surface area contributed by atoms with Gasteiger partial charge in [0.25, 0.3) is 0 Å². The van der Waals surface area contributed by atoms with E-state index in [-0.39, 0.29) is 17.6 Å². The van der Waals surface area contributed by atoms with E-state index in [2.05, 4.69) is 10.0 Å². The predicted octanol–water partition coefficient (Wildman–Crippen LogP) is -1.31. The number of rotatable bonds is 3. The fraction of sp³-hybridized carbons (Fsp3) is 0.846. The minimum atomic E-state index is -3.52. The molecule has 2 bridgehead atoms. The Hall–Kier alpha value is -1.35. The number of urea groups is 1. The zero-order chi connectivity index (χ0) is 15.8. The first kappa shape index (κ1) is 14.3. The van der Waals surface area contributed by atoms with Crippen LogP contribution in [0.5, 0.6) is 0 Å². The zero-order valence-electron chi connectivity index (χ0n) is 12.5. The van der Waals surface area contributed by atoms with Crippen molar-refractivity contribution in [1.29, 1.82) is 0 Å². The van der Waals surface area contributed by atoms with Crippen LogP contribution in [-0.2, 0) is 14.8 Å². The van der Waals surface area contributed by atoms with Crippen LogP contribution in [0.3, 0.4) is 0 Å². The zero-order valence-corrected chi connectivity index (χ0v) is 13.3. The highest BCUT2D eigenvalue weighted by molar-refractivity contribution is 7.89. The van der Waals surface area contributed by atoms with Gasteiger partial charge < -0.3 is 15.1 Å². The number of nitrogens with zero attached hydrogens (tertiary/aromatic N) is 2. The maximum atomic E-state index is 12.5. The topological polar surface area (TPSA) is 98.8 Å². The van der Waals surface area contributed by atoms with Gasteiger partial charge in [-0.2, -0.15) is 0 Å². The van der Waals surface area contributed by atoms with E-state index in [4.69, 9.17) is 0 Å². The van der Waals surface area contributed by atoms with Crippen LogP contribution in [0.4, 0.5) is 4.79 Å². The summed E-state index contributed by atoms with van der Waals surface area (Å²) in [6, 6.07) is 0.291. The molecule has 5 rings (SSSR count). The first-order valence-electron chi connectivity index (χ1n) is 7.56. The summed E-state index contributed by atoms with van der Waals surface area (Å²) in [5, 5.41) is 3.30. The van der Waals surface area contributed by atoms with Crippen molar-refractivity contribution >= 4 is 22.0 Å². The molecule has 0 aromatic rings. The fourth-order valence-electron chi connectivity index (χ4n) is 4.55. The SMILES string of the molecule is CS(=O)(=O)NC(=O)C12CC(N3CC4CNCCN4C3=O)(C1)C2. The van der Waals surface area contributed by atoms with Gasteiger partial charge in [-0.25, -0.2) is 13.2 Å². The number of carbonyl (C=O) groups excluding carboxylic acids is 2. The van der Waals surface area contributed by atoms with E-state index in [0.717, 1.165) is 25.9 Å². The standard InChI is InChI=1S/C13H20N4O4S/c1-22(20,21)15-10(18)12-6-13(7-12,8-12)17-5-9-4-14-2-3-16(9)11(17)19/h9,14H,2-8H2,1H3,(H,15,18). The summed E-state index contributed by atoms with van der Waals surface area (Å²) in [4.78, 5) is 28.4. The van der Waals surface area contributed by atoms with E-state index in [9.17, 15) is 18.0 Å². The van der Waals surface area contributed by atoms with Crippen molar-refractivity contribution in [3.05, 3.63) is 0 Å². The highest BCUT2D eigenvalue weighted by atomic mass is 32.2. The molecule has 5 fully saturated rings. The molecule has 0 aromatic heterocycles. The number of carbonyl (C=O) groups is 2. The molecule has 1 unspecified atom stereocenters. The molecule has 2 heterocycles. The van der Waals surface area contributed by atoms with Crippen LogP contribution in [-0.4, -0.2) is 74.2 Å². The van der Waals surface area contributed by atoms with Crippen LogP contribution in [0.15, 0.2) is 0 Å². The Morgan fingerprint density at radius 3 is 2.64 bits per heavy atom. The van der Waals surface area contributed by atoms with Crippen LogP contribution >= 0.6 is 0 Å². The van der Waals surface area contributed by atoms with Crippen LogP contribution in [0.2, 0.25) is 0 Å². The monoisotopic (exact) mass is 328 g/mol. The Balaban J connectivity index is 1.44. The maximum absolute atomic E-state index is 12.5. The summed E-state index contributed by atoms with van der Waals surface area (Å²) in [6.07, 6.45) is 2.74. The van der Waals surface area contributed by atoms with Crippen molar-refractivity contribution < 1.29 is 18.0 Å². The Morgan fingerprint density at radius 1 is 1.36 bits per heavy atom. The van der Waals surface area contributed by atoms with Crippen molar-refractivity contribution in [3.63, 3.8) is 0 Å². The maximum Gasteiger partial charge on any atom is 0.320 e. The lowest BCUT2D eigenvalue weighted by Crippen LogP contribution is -2.78. The average molecular weight is 328 g/mol. The molecule has 9 heteroatoms. The third-order valence-electron chi connectivity index (χ3n) is 5.55. The quantitative estimate of drug-likeness (QED) is 0.670. The second-order valence-corrected chi connectivity index (χ2v) is 8.93. The van der Waals surface area contributed by atoms with Crippen LogP contribution in [0, 0.1) is 5.41 Å². The Labute approximate surface area is 129 Å². The average Bonchev–Trinajstić information content (AvgIpc) is 2.62. The van der Waals surface area contributed by atoms with Crippen LogP contribution in [0.1, 0.15) is 19.3 Å². The van der Waals surface area contributed by atoms with E-state index in [0.29, 0.717) is 25.8 Å². The van der Waals surface area contributed by atoms with Crippen molar-refractivity contribution in [2.75, 3.05) is 32.4 Å². The van der Waals surface area contributed by atoms with Gasteiger partial charge in [0.2, 0.25) is 15.9 Å². The molecule has 0 aromatic carbocycles. The molecule has 5 aliphatic rings. The molecule has 2 aliphatic heterocycles. The Bertz CT molecular complexity index is 641. The lowest BCUT2D eigenvalue weighted by Gasteiger charge is -2.71. The minimum Gasteiger partial charge on any atom is -0.317 e. The van der Waals surface area contributed by atoms with Crippen LogP contribution < -0.4 is 10.0 Å². The Kier molecular flexibility index (Phi) is 2.68. The minimum absolute atomic E-state index is 0.0725. The lowest BCUT2D eigenvalue weighted by molar-refractivity contribution is -0.203. The fourth-order valence-corrected chi connectivity index (χ4v) is 5.11. The van der Waals surface area contributed by atoms with Gasteiger partial charge in [-0.1, -0.05) is 0 Å². The number of nitrogens with one attached hydrogen (secondary N) is 2. The molecule has 2 N–H and O–H groups in total. The normalized spacial score (nSPS) is 39.9. The second kappa shape index (κ2) is 4.14. The first-order valence-corrected chi connectivity index (χ1v) is 9.45. The highest BCUT2D eigenvalue weighted by Crippen LogP contribution is 2.70. The van der Waals surface area contributed by atoms with Crippen molar-refractivity contribution in [3.8, 4) is 0 Å². The van der Waals surface area contributed by atoms with E-state index in [1.54, 1.807) is 0 Å². The van der Waals surface area contributed by atoms with E-state index < -0.39 is 21.3 Å². The molecule has 122 valence electrons. The summed E-state index contributed by atoms with van der Waals surface area (Å²) < 4.78 is 24.5. The van der Waals surface area contributed by atoms with Crippen molar-refractivity contribution in [2.24, 2.45) is 5.41 Å². The molecular weight excluding hydrogens is 308 g/mol. The van der Waals surface area contributed by atoms with Gasteiger partial charge >= 0.3 is 6.03 Å². The number of sulfonamides is 1.